The zero-order valence-corrected chi connectivity index (χ0v) is 14.4. The van der Waals surface area contributed by atoms with Gasteiger partial charge >= 0.3 is 18.0 Å². The average Bonchev–Trinajstić information content (AvgIpc) is 2.53. The Balaban J connectivity index is 2.76. The summed E-state index contributed by atoms with van der Waals surface area (Å²) < 4.78 is 4.96. The molecule has 0 spiro atoms. The molecule has 0 aliphatic rings. The molecule has 0 saturated heterocycles. The molecule has 1 aromatic rings. The van der Waals surface area contributed by atoms with Crippen molar-refractivity contribution >= 4 is 35.5 Å². The van der Waals surface area contributed by atoms with Crippen LogP contribution in [-0.2, 0) is 14.3 Å². The van der Waals surface area contributed by atoms with E-state index in [1.54, 1.807) is 24.3 Å². The van der Waals surface area contributed by atoms with Crippen LogP contribution >= 0.6 is 11.6 Å². The molecular formula is C15H19ClN4O5. The van der Waals surface area contributed by atoms with Crippen LogP contribution in [-0.4, -0.2) is 37.1 Å². The van der Waals surface area contributed by atoms with Gasteiger partial charge in [-0.2, -0.15) is 0 Å². The number of hydrogen-bond donors (Lipinski definition) is 4. The van der Waals surface area contributed by atoms with Crippen LogP contribution in [0.3, 0.4) is 0 Å². The number of esters is 1. The van der Waals surface area contributed by atoms with Crippen LogP contribution in [0, 0.1) is 0 Å². The number of nitrogens with two attached hydrogens (primary N) is 1. The Morgan fingerprint density at radius 3 is 2.44 bits per heavy atom. The van der Waals surface area contributed by atoms with Gasteiger partial charge in [0, 0.05) is 12.1 Å². The highest BCUT2D eigenvalue weighted by molar-refractivity contribution is 6.31. The van der Waals surface area contributed by atoms with Crippen molar-refractivity contribution in [2.75, 3.05) is 7.05 Å². The number of carbonyl (C=O) groups is 4. The monoisotopic (exact) mass is 370 g/mol. The van der Waals surface area contributed by atoms with Gasteiger partial charge in [0.25, 0.3) is 5.91 Å². The lowest BCUT2D eigenvalue weighted by Crippen LogP contribution is -2.43. The molecule has 5 N–H and O–H groups in total. The van der Waals surface area contributed by atoms with Crippen LogP contribution in [0.15, 0.2) is 24.3 Å². The van der Waals surface area contributed by atoms with E-state index in [1.165, 1.54) is 14.0 Å². The Morgan fingerprint density at radius 1 is 1.24 bits per heavy atom. The van der Waals surface area contributed by atoms with E-state index < -0.39 is 36.1 Å². The normalized spacial score (nSPS) is 12.4. The third-order valence-electron chi connectivity index (χ3n) is 3.11. The van der Waals surface area contributed by atoms with Crippen LogP contribution in [0.2, 0.25) is 5.02 Å². The number of rotatable bonds is 6. The second-order valence-corrected chi connectivity index (χ2v) is 5.39. The fourth-order valence-electron chi connectivity index (χ4n) is 1.91. The summed E-state index contributed by atoms with van der Waals surface area (Å²) in [5.41, 5.74) is 5.60. The average molecular weight is 371 g/mol. The van der Waals surface area contributed by atoms with E-state index in [2.05, 4.69) is 10.6 Å². The number of nitrogens with one attached hydrogen (secondary N) is 3. The number of carbonyl (C=O) groups excluding carboxylic acids is 4. The summed E-state index contributed by atoms with van der Waals surface area (Å²) in [4.78, 5) is 46.0. The molecule has 25 heavy (non-hydrogen) atoms. The quantitative estimate of drug-likeness (QED) is 0.549. The standard InChI is InChI=1S/C15H19ClN4O5/c1-8(13(22)20-15(24)18-2)25-12(21)7-11(19-14(17)23)9-5-3-4-6-10(9)16/h3-6,8,11H,7H2,1-2H3,(H3,17,19,23)(H2,18,20,22,24)/t8-,11+/m1/s1. The zero-order valence-electron chi connectivity index (χ0n) is 13.7. The summed E-state index contributed by atoms with van der Waals surface area (Å²) in [7, 11) is 1.34. The van der Waals surface area contributed by atoms with Gasteiger partial charge in [-0.05, 0) is 18.6 Å². The SMILES string of the molecule is CNC(=O)NC(=O)[C@@H](C)OC(=O)C[C@H](NC(N)=O)c1ccccc1Cl. The molecular weight excluding hydrogens is 352 g/mol. The fraction of sp³-hybridized carbons (Fsp3) is 0.333. The van der Waals surface area contributed by atoms with Crippen LogP contribution in [0.4, 0.5) is 9.59 Å². The Kier molecular flexibility index (Phi) is 7.67. The third kappa shape index (κ3) is 6.68. The summed E-state index contributed by atoms with van der Waals surface area (Å²) >= 11 is 6.06. The molecule has 0 radical (unpaired) electrons. The second kappa shape index (κ2) is 9.48. The van der Waals surface area contributed by atoms with Crippen molar-refractivity contribution in [3.63, 3.8) is 0 Å². The van der Waals surface area contributed by atoms with Crippen LogP contribution in [0.1, 0.15) is 24.9 Å². The van der Waals surface area contributed by atoms with Crippen molar-refractivity contribution in [1.82, 2.24) is 16.0 Å². The summed E-state index contributed by atoms with van der Waals surface area (Å²) in [5.74, 6) is -1.57. The number of imide groups is 1. The van der Waals surface area contributed by atoms with E-state index in [9.17, 15) is 19.2 Å². The first kappa shape index (κ1) is 20.2. The van der Waals surface area contributed by atoms with Gasteiger partial charge in [0.1, 0.15) is 0 Å². The lowest BCUT2D eigenvalue weighted by atomic mass is 10.0. The van der Waals surface area contributed by atoms with Crippen molar-refractivity contribution in [2.24, 2.45) is 5.73 Å². The molecule has 0 aliphatic carbocycles. The largest absolute Gasteiger partial charge is 0.452 e. The van der Waals surface area contributed by atoms with E-state index in [1.807, 2.05) is 5.32 Å². The van der Waals surface area contributed by atoms with E-state index in [-0.39, 0.29) is 6.42 Å². The Labute approximate surface area is 149 Å². The first-order chi connectivity index (χ1) is 11.7. The van der Waals surface area contributed by atoms with Crippen LogP contribution in [0.5, 0.6) is 0 Å². The lowest BCUT2D eigenvalue weighted by Gasteiger charge is -2.19. The Hall–Kier alpha value is -2.81. The second-order valence-electron chi connectivity index (χ2n) is 4.99. The lowest BCUT2D eigenvalue weighted by molar-refractivity contribution is -0.154. The molecule has 0 aliphatic heterocycles. The number of hydrogen-bond acceptors (Lipinski definition) is 5. The zero-order chi connectivity index (χ0) is 19.0. The molecule has 5 amide bonds. The number of urea groups is 2. The van der Waals surface area contributed by atoms with Gasteiger partial charge in [0.05, 0.1) is 12.5 Å². The number of primary amides is 1. The highest BCUT2D eigenvalue weighted by atomic mass is 35.5. The maximum atomic E-state index is 12.1. The van der Waals surface area contributed by atoms with Crippen molar-refractivity contribution in [3.8, 4) is 0 Å². The fourth-order valence-corrected chi connectivity index (χ4v) is 2.18. The predicted octanol–water partition coefficient (Wildman–Crippen LogP) is 0.827. The highest BCUT2D eigenvalue weighted by Crippen LogP contribution is 2.25. The number of halogens is 1. The summed E-state index contributed by atoms with van der Waals surface area (Å²) in [6, 6.07) is 4.20. The third-order valence-corrected chi connectivity index (χ3v) is 3.45. The number of benzene rings is 1. The molecule has 2 atom stereocenters. The van der Waals surface area contributed by atoms with Crippen LogP contribution < -0.4 is 21.7 Å². The van der Waals surface area contributed by atoms with Gasteiger partial charge < -0.3 is 21.1 Å². The van der Waals surface area contributed by atoms with E-state index in [4.69, 9.17) is 22.1 Å². The summed E-state index contributed by atoms with van der Waals surface area (Å²) in [5, 5.41) is 6.92. The molecule has 9 nitrogen and oxygen atoms in total. The maximum absolute atomic E-state index is 12.1. The molecule has 0 aromatic heterocycles. The summed E-state index contributed by atoms with van der Waals surface area (Å²) in [6.45, 7) is 1.31. The summed E-state index contributed by atoms with van der Waals surface area (Å²) in [6.07, 6.45) is -1.50. The maximum Gasteiger partial charge on any atom is 0.321 e. The van der Waals surface area contributed by atoms with Gasteiger partial charge in [0.2, 0.25) is 0 Å². The van der Waals surface area contributed by atoms with E-state index >= 15 is 0 Å². The predicted molar refractivity (Wildman–Crippen MR) is 89.7 cm³/mol. The minimum absolute atomic E-state index is 0.301. The Morgan fingerprint density at radius 2 is 1.88 bits per heavy atom. The van der Waals surface area contributed by atoms with Crippen molar-refractivity contribution in [2.45, 2.75) is 25.5 Å². The van der Waals surface area contributed by atoms with E-state index in [0.717, 1.165) is 0 Å². The molecule has 0 fully saturated rings. The van der Waals surface area contributed by atoms with Crippen LogP contribution in [0.25, 0.3) is 0 Å². The van der Waals surface area contributed by atoms with E-state index in [0.29, 0.717) is 10.6 Å². The van der Waals surface area contributed by atoms with Crippen molar-refractivity contribution in [1.29, 1.82) is 0 Å². The van der Waals surface area contributed by atoms with Crippen molar-refractivity contribution in [3.05, 3.63) is 34.9 Å². The molecule has 136 valence electrons. The number of ether oxygens (including phenoxy) is 1. The Bertz CT molecular complexity index is 667. The minimum Gasteiger partial charge on any atom is -0.452 e. The smallest absolute Gasteiger partial charge is 0.321 e. The van der Waals surface area contributed by atoms with Gasteiger partial charge in [-0.25, -0.2) is 9.59 Å². The molecule has 0 saturated carbocycles. The first-order valence-electron chi connectivity index (χ1n) is 7.27. The van der Waals surface area contributed by atoms with Gasteiger partial charge in [-0.3, -0.25) is 14.9 Å². The van der Waals surface area contributed by atoms with Gasteiger partial charge in [-0.15, -0.1) is 0 Å². The molecule has 1 rings (SSSR count). The molecule has 0 bridgehead atoms. The molecule has 0 unspecified atom stereocenters. The molecule has 0 heterocycles. The van der Waals surface area contributed by atoms with Crippen molar-refractivity contribution < 1.29 is 23.9 Å². The van der Waals surface area contributed by atoms with Gasteiger partial charge in [-0.1, -0.05) is 29.8 Å². The number of amides is 5. The highest BCUT2D eigenvalue weighted by Gasteiger charge is 2.24. The minimum atomic E-state index is -1.20. The molecule has 1 aromatic carbocycles. The van der Waals surface area contributed by atoms with Gasteiger partial charge in [0.15, 0.2) is 6.10 Å². The molecule has 10 heteroatoms. The first-order valence-corrected chi connectivity index (χ1v) is 7.64. The topological polar surface area (TPSA) is 140 Å².